The molecule has 0 radical (unpaired) electrons. The van der Waals surface area contributed by atoms with Crippen molar-refractivity contribution in [1.82, 2.24) is 0 Å². The van der Waals surface area contributed by atoms with E-state index in [2.05, 4.69) is 0 Å². The Balaban J connectivity index is 2.54. The Labute approximate surface area is 94.8 Å². The van der Waals surface area contributed by atoms with Crippen molar-refractivity contribution < 1.29 is 10.2 Å². The third-order valence-corrected chi connectivity index (χ3v) is 2.57. The van der Waals surface area contributed by atoms with Gasteiger partial charge in [-0.05, 0) is 23.6 Å². The maximum Gasteiger partial charge on any atom is 0.123 e. The van der Waals surface area contributed by atoms with E-state index in [1.54, 1.807) is 12.1 Å². The number of aliphatic hydroxyl groups excluding tert-OH is 1. The normalized spacial score (nSPS) is 10.3. The van der Waals surface area contributed by atoms with Crippen LogP contribution in [0, 0.1) is 0 Å². The summed E-state index contributed by atoms with van der Waals surface area (Å²) in [4.78, 5) is 0. The Hall–Kier alpha value is -1.80. The predicted molar refractivity (Wildman–Crippen MR) is 64.3 cm³/mol. The Morgan fingerprint density at radius 1 is 0.875 bits per heavy atom. The van der Waals surface area contributed by atoms with E-state index in [1.165, 1.54) is 0 Å². The smallest absolute Gasteiger partial charge is 0.123 e. The van der Waals surface area contributed by atoms with Gasteiger partial charge in [-0.1, -0.05) is 42.5 Å². The quantitative estimate of drug-likeness (QED) is 0.824. The molecule has 2 aromatic rings. The topological polar surface area (TPSA) is 40.5 Å². The highest BCUT2D eigenvalue weighted by Crippen LogP contribution is 2.32. The summed E-state index contributed by atoms with van der Waals surface area (Å²) in [5.41, 5.74) is 2.76. The van der Waals surface area contributed by atoms with Crippen molar-refractivity contribution in [2.24, 2.45) is 0 Å². The zero-order chi connectivity index (χ0) is 11.4. The lowest BCUT2D eigenvalue weighted by Gasteiger charge is -2.10. The van der Waals surface area contributed by atoms with Gasteiger partial charge in [-0.2, -0.15) is 0 Å². The molecule has 0 fully saturated rings. The lowest BCUT2D eigenvalue weighted by Crippen LogP contribution is -1.94. The van der Waals surface area contributed by atoms with Crippen molar-refractivity contribution in [2.75, 3.05) is 6.61 Å². The largest absolute Gasteiger partial charge is 0.507 e. The van der Waals surface area contributed by atoms with Crippen molar-refractivity contribution in [1.29, 1.82) is 0 Å². The Morgan fingerprint density at radius 2 is 1.62 bits per heavy atom. The van der Waals surface area contributed by atoms with Crippen LogP contribution in [0.5, 0.6) is 5.75 Å². The summed E-state index contributed by atoms with van der Waals surface area (Å²) in [5.74, 6) is 0.261. The minimum Gasteiger partial charge on any atom is -0.507 e. The summed E-state index contributed by atoms with van der Waals surface area (Å²) in [7, 11) is 0. The van der Waals surface area contributed by atoms with Gasteiger partial charge in [0.05, 0.1) is 0 Å². The lowest BCUT2D eigenvalue weighted by molar-refractivity contribution is 0.299. The maximum atomic E-state index is 9.89. The van der Waals surface area contributed by atoms with Gasteiger partial charge in [-0.15, -0.1) is 0 Å². The lowest BCUT2D eigenvalue weighted by atomic mass is 9.97. The second kappa shape index (κ2) is 4.81. The molecule has 0 bridgehead atoms. The monoisotopic (exact) mass is 214 g/mol. The van der Waals surface area contributed by atoms with Crippen molar-refractivity contribution in [3.05, 3.63) is 54.1 Å². The van der Waals surface area contributed by atoms with E-state index in [-0.39, 0.29) is 12.4 Å². The van der Waals surface area contributed by atoms with Gasteiger partial charge < -0.3 is 10.2 Å². The van der Waals surface area contributed by atoms with E-state index in [0.29, 0.717) is 6.42 Å². The van der Waals surface area contributed by atoms with E-state index in [4.69, 9.17) is 5.11 Å². The van der Waals surface area contributed by atoms with Crippen LogP contribution in [0.4, 0.5) is 0 Å². The van der Waals surface area contributed by atoms with Crippen LogP contribution in [0.3, 0.4) is 0 Å². The highest BCUT2D eigenvalue weighted by atomic mass is 16.3. The van der Waals surface area contributed by atoms with E-state index in [0.717, 1.165) is 16.7 Å². The van der Waals surface area contributed by atoms with Gasteiger partial charge in [0, 0.05) is 12.2 Å². The fraction of sp³-hybridized carbons (Fsp3) is 0.143. The van der Waals surface area contributed by atoms with Crippen LogP contribution in [0.1, 0.15) is 5.56 Å². The van der Waals surface area contributed by atoms with Gasteiger partial charge >= 0.3 is 0 Å². The fourth-order valence-electron chi connectivity index (χ4n) is 1.85. The third kappa shape index (κ3) is 2.07. The number of aromatic hydroxyl groups is 1. The summed E-state index contributed by atoms with van der Waals surface area (Å²) < 4.78 is 0. The van der Waals surface area contributed by atoms with Crippen LogP contribution in [-0.2, 0) is 6.42 Å². The highest BCUT2D eigenvalue weighted by Gasteiger charge is 2.08. The SMILES string of the molecule is OCCc1cccc(O)c1-c1ccccc1. The van der Waals surface area contributed by atoms with Crippen molar-refractivity contribution in [3.63, 3.8) is 0 Å². The summed E-state index contributed by atoms with van der Waals surface area (Å²) >= 11 is 0. The number of benzene rings is 2. The molecule has 82 valence electrons. The molecule has 0 amide bonds. The first-order valence-electron chi connectivity index (χ1n) is 5.30. The molecule has 2 nitrogen and oxygen atoms in total. The molecule has 2 aromatic carbocycles. The highest BCUT2D eigenvalue weighted by molar-refractivity contribution is 5.73. The average molecular weight is 214 g/mol. The summed E-state index contributed by atoms with van der Waals surface area (Å²) in [6.45, 7) is 0.0866. The van der Waals surface area contributed by atoms with Crippen LogP contribution in [0.15, 0.2) is 48.5 Å². The van der Waals surface area contributed by atoms with Crippen LogP contribution < -0.4 is 0 Å². The number of phenolic OH excluding ortho intramolecular Hbond substituents is 1. The predicted octanol–water partition coefficient (Wildman–Crippen LogP) is 2.59. The molecule has 0 heterocycles. The summed E-state index contributed by atoms with van der Waals surface area (Å²) in [6.07, 6.45) is 0.554. The van der Waals surface area contributed by atoms with Crippen LogP contribution in [0.2, 0.25) is 0 Å². The van der Waals surface area contributed by atoms with E-state index < -0.39 is 0 Å². The zero-order valence-electron chi connectivity index (χ0n) is 8.93. The Kier molecular flexibility index (Phi) is 3.22. The first-order valence-corrected chi connectivity index (χ1v) is 5.30. The molecule has 0 saturated heterocycles. The zero-order valence-corrected chi connectivity index (χ0v) is 8.93. The van der Waals surface area contributed by atoms with Crippen LogP contribution in [-0.4, -0.2) is 16.8 Å². The molecular formula is C14H14O2. The second-order valence-corrected chi connectivity index (χ2v) is 3.65. The molecule has 16 heavy (non-hydrogen) atoms. The van der Waals surface area contributed by atoms with Crippen molar-refractivity contribution in [2.45, 2.75) is 6.42 Å². The first kappa shape index (κ1) is 10.7. The fourth-order valence-corrected chi connectivity index (χ4v) is 1.85. The minimum absolute atomic E-state index is 0.0866. The van der Waals surface area contributed by atoms with Gasteiger partial charge in [0.25, 0.3) is 0 Å². The van der Waals surface area contributed by atoms with Crippen LogP contribution in [0.25, 0.3) is 11.1 Å². The van der Waals surface area contributed by atoms with Gasteiger partial charge in [0.2, 0.25) is 0 Å². The first-order chi connectivity index (χ1) is 7.83. The van der Waals surface area contributed by atoms with Gasteiger partial charge in [-0.3, -0.25) is 0 Å². The number of hydrogen-bond acceptors (Lipinski definition) is 2. The van der Waals surface area contributed by atoms with Gasteiger partial charge in [0.15, 0.2) is 0 Å². The molecule has 0 aliphatic rings. The third-order valence-electron chi connectivity index (χ3n) is 2.57. The molecule has 2 N–H and O–H groups in total. The molecule has 0 spiro atoms. The van der Waals surface area contributed by atoms with E-state index in [9.17, 15) is 5.11 Å². The average Bonchev–Trinajstić information content (AvgIpc) is 2.31. The molecular weight excluding hydrogens is 200 g/mol. The summed E-state index contributed by atoms with van der Waals surface area (Å²) in [5, 5.41) is 18.9. The maximum absolute atomic E-state index is 9.89. The van der Waals surface area contributed by atoms with E-state index in [1.807, 2.05) is 36.4 Å². The van der Waals surface area contributed by atoms with Crippen LogP contribution >= 0.6 is 0 Å². The molecule has 0 saturated carbocycles. The van der Waals surface area contributed by atoms with Crippen molar-refractivity contribution in [3.8, 4) is 16.9 Å². The summed E-state index contributed by atoms with van der Waals surface area (Å²) in [6, 6.07) is 15.1. The molecule has 2 heteroatoms. The number of phenols is 1. The molecule has 0 unspecified atom stereocenters. The Morgan fingerprint density at radius 3 is 2.31 bits per heavy atom. The molecule has 0 atom stereocenters. The van der Waals surface area contributed by atoms with Gasteiger partial charge in [-0.25, -0.2) is 0 Å². The molecule has 2 rings (SSSR count). The standard InChI is InChI=1S/C14H14O2/c15-10-9-12-7-4-8-13(16)14(12)11-5-2-1-3-6-11/h1-8,15-16H,9-10H2. The molecule has 0 aromatic heterocycles. The van der Waals surface area contributed by atoms with Crippen molar-refractivity contribution >= 4 is 0 Å². The number of aliphatic hydroxyl groups is 1. The Bertz CT molecular complexity index is 463. The molecule has 0 aliphatic heterocycles. The second-order valence-electron chi connectivity index (χ2n) is 3.65. The molecule has 0 aliphatic carbocycles. The number of rotatable bonds is 3. The van der Waals surface area contributed by atoms with E-state index >= 15 is 0 Å². The number of hydrogen-bond donors (Lipinski definition) is 2. The minimum atomic E-state index is 0.0866. The van der Waals surface area contributed by atoms with Gasteiger partial charge in [0.1, 0.15) is 5.75 Å².